The Hall–Kier alpha value is -1.37. The summed E-state index contributed by atoms with van der Waals surface area (Å²) in [4.78, 5) is 26.4. The van der Waals surface area contributed by atoms with Crippen molar-refractivity contribution in [3.05, 3.63) is 56.4 Å². The third-order valence-corrected chi connectivity index (χ3v) is 5.30. The van der Waals surface area contributed by atoms with Crippen LogP contribution in [0.15, 0.2) is 51.4 Å². The number of amides is 2. The molecule has 1 aliphatic rings. The molecular formula is C17H13Br2ClN2O2. The zero-order valence-electron chi connectivity index (χ0n) is 12.4. The van der Waals surface area contributed by atoms with E-state index in [1.807, 2.05) is 24.3 Å². The van der Waals surface area contributed by atoms with Crippen molar-refractivity contribution in [1.29, 1.82) is 0 Å². The predicted octanol–water partition coefficient (Wildman–Crippen LogP) is 4.86. The molecule has 1 unspecified atom stereocenters. The molecule has 1 saturated heterocycles. The average molecular weight is 473 g/mol. The molecule has 0 bridgehead atoms. The first-order valence-corrected chi connectivity index (χ1v) is 9.23. The highest BCUT2D eigenvalue weighted by atomic mass is 79.9. The summed E-state index contributed by atoms with van der Waals surface area (Å²) in [6, 6.07) is 12.7. The topological polar surface area (TPSA) is 49.4 Å². The van der Waals surface area contributed by atoms with Crippen molar-refractivity contribution < 1.29 is 9.59 Å². The molecule has 2 aromatic carbocycles. The van der Waals surface area contributed by atoms with Crippen LogP contribution in [0.4, 0.5) is 11.4 Å². The first kappa shape index (κ1) is 17.5. The van der Waals surface area contributed by atoms with Crippen molar-refractivity contribution in [1.82, 2.24) is 0 Å². The number of hydrogen-bond acceptors (Lipinski definition) is 2. The molecule has 0 aromatic heterocycles. The number of carbonyl (C=O) groups is 2. The van der Waals surface area contributed by atoms with Crippen LogP contribution < -0.4 is 10.2 Å². The second-order valence-electron chi connectivity index (χ2n) is 5.47. The van der Waals surface area contributed by atoms with Gasteiger partial charge in [-0.15, -0.1) is 0 Å². The van der Waals surface area contributed by atoms with Crippen LogP contribution in [0.2, 0.25) is 5.02 Å². The van der Waals surface area contributed by atoms with Crippen LogP contribution in [0.25, 0.3) is 0 Å². The maximum absolute atomic E-state index is 12.5. The van der Waals surface area contributed by atoms with E-state index in [0.717, 1.165) is 14.6 Å². The van der Waals surface area contributed by atoms with Gasteiger partial charge in [0, 0.05) is 21.9 Å². The standard InChI is InChI=1S/C17H13Br2ClN2O2/c18-11-5-6-14(13(20)8-11)21-17(24)10-7-16(23)22(9-10)15-4-2-1-3-12(15)19/h1-6,8,10H,7,9H2,(H,21,24). The van der Waals surface area contributed by atoms with E-state index in [4.69, 9.17) is 11.6 Å². The molecule has 2 aromatic rings. The molecule has 1 N–H and O–H groups in total. The maximum Gasteiger partial charge on any atom is 0.229 e. The van der Waals surface area contributed by atoms with Crippen LogP contribution in [0.5, 0.6) is 0 Å². The van der Waals surface area contributed by atoms with E-state index in [-0.39, 0.29) is 18.2 Å². The minimum Gasteiger partial charge on any atom is -0.324 e. The summed E-state index contributed by atoms with van der Waals surface area (Å²) in [7, 11) is 0. The van der Waals surface area contributed by atoms with Crippen LogP contribution in [-0.2, 0) is 9.59 Å². The molecule has 4 nitrogen and oxygen atoms in total. The highest BCUT2D eigenvalue weighted by molar-refractivity contribution is 9.10. The van der Waals surface area contributed by atoms with E-state index >= 15 is 0 Å². The Morgan fingerprint density at radius 3 is 2.67 bits per heavy atom. The number of halogens is 3. The van der Waals surface area contributed by atoms with Crippen molar-refractivity contribution in [3.63, 3.8) is 0 Å². The van der Waals surface area contributed by atoms with Crippen molar-refractivity contribution in [2.45, 2.75) is 6.42 Å². The lowest BCUT2D eigenvalue weighted by atomic mass is 10.1. The summed E-state index contributed by atoms with van der Waals surface area (Å²) in [6.45, 7) is 0.349. The molecule has 0 saturated carbocycles. The molecule has 1 heterocycles. The number of hydrogen-bond donors (Lipinski definition) is 1. The van der Waals surface area contributed by atoms with E-state index in [1.54, 1.807) is 23.1 Å². The van der Waals surface area contributed by atoms with Crippen LogP contribution in [0.3, 0.4) is 0 Å². The first-order chi connectivity index (χ1) is 11.5. The van der Waals surface area contributed by atoms with Gasteiger partial charge in [0.2, 0.25) is 11.8 Å². The Morgan fingerprint density at radius 2 is 1.96 bits per heavy atom. The number of nitrogens with zero attached hydrogens (tertiary/aromatic N) is 1. The highest BCUT2D eigenvalue weighted by Crippen LogP contribution is 2.32. The fourth-order valence-corrected chi connectivity index (χ4v) is 3.83. The molecule has 124 valence electrons. The van der Waals surface area contributed by atoms with Crippen molar-refractivity contribution >= 4 is 66.6 Å². The smallest absolute Gasteiger partial charge is 0.229 e. The largest absolute Gasteiger partial charge is 0.324 e. The van der Waals surface area contributed by atoms with Gasteiger partial charge in [0.05, 0.1) is 22.3 Å². The lowest BCUT2D eigenvalue weighted by Crippen LogP contribution is -2.28. The zero-order chi connectivity index (χ0) is 17.3. The Labute approximate surface area is 161 Å². The second kappa shape index (κ2) is 7.25. The molecule has 0 aliphatic carbocycles. The second-order valence-corrected chi connectivity index (χ2v) is 7.65. The van der Waals surface area contributed by atoms with E-state index in [0.29, 0.717) is 17.3 Å². The van der Waals surface area contributed by atoms with Crippen molar-refractivity contribution in [2.24, 2.45) is 5.92 Å². The molecule has 0 spiro atoms. The summed E-state index contributed by atoms with van der Waals surface area (Å²) in [6.07, 6.45) is 0.182. The van der Waals surface area contributed by atoms with E-state index < -0.39 is 5.92 Å². The lowest BCUT2D eigenvalue weighted by Gasteiger charge is -2.18. The van der Waals surface area contributed by atoms with Gasteiger partial charge in [-0.1, -0.05) is 39.7 Å². The Bertz CT molecular complexity index is 813. The summed E-state index contributed by atoms with van der Waals surface area (Å²) in [5, 5.41) is 3.25. The lowest BCUT2D eigenvalue weighted by molar-refractivity contribution is -0.122. The molecule has 2 amide bonds. The molecular weight excluding hydrogens is 459 g/mol. The summed E-state index contributed by atoms with van der Waals surface area (Å²) in [5.41, 5.74) is 1.32. The van der Waals surface area contributed by atoms with Gasteiger partial charge in [-0.25, -0.2) is 0 Å². The first-order valence-electron chi connectivity index (χ1n) is 7.26. The number of para-hydroxylation sites is 1. The van der Waals surface area contributed by atoms with Crippen LogP contribution in [0, 0.1) is 5.92 Å². The van der Waals surface area contributed by atoms with Gasteiger partial charge in [0.1, 0.15) is 0 Å². The van der Waals surface area contributed by atoms with Gasteiger partial charge in [-0.2, -0.15) is 0 Å². The maximum atomic E-state index is 12.5. The van der Waals surface area contributed by atoms with Gasteiger partial charge in [-0.05, 0) is 46.3 Å². The average Bonchev–Trinajstić information content (AvgIpc) is 2.92. The van der Waals surface area contributed by atoms with Crippen LogP contribution in [0.1, 0.15) is 6.42 Å². The SMILES string of the molecule is O=C(Nc1ccc(Br)cc1Cl)C1CC(=O)N(c2ccccc2Br)C1. The van der Waals surface area contributed by atoms with Gasteiger partial charge in [-0.3, -0.25) is 9.59 Å². The summed E-state index contributed by atoms with van der Waals surface area (Å²) in [5.74, 6) is -0.685. The van der Waals surface area contributed by atoms with E-state index in [1.165, 1.54) is 0 Å². The zero-order valence-corrected chi connectivity index (χ0v) is 16.4. The number of anilines is 2. The molecule has 1 aliphatic heterocycles. The number of carbonyl (C=O) groups excluding carboxylic acids is 2. The molecule has 24 heavy (non-hydrogen) atoms. The Balaban J connectivity index is 1.73. The van der Waals surface area contributed by atoms with Gasteiger partial charge in [0.25, 0.3) is 0 Å². The van der Waals surface area contributed by atoms with Crippen molar-refractivity contribution in [2.75, 3.05) is 16.8 Å². The van der Waals surface area contributed by atoms with E-state index in [2.05, 4.69) is 37.2 Å². The van der Waals surface area contributed by atoms with Gasteiger partial charge < -0.3 is 10.2 Å². The Kier molecular flexibility index (Phi) is 5.27. The molecule has 0 radical (unpaired) electrons. The minimum absolute atomic E-state index is 0.0658. The quantitative estimate of drug-likeness (QED) is 0.694. The van der Waals surface area contributed by atoms with E-state index in [9.17, 15) is 9.59 Å². The third kappa shape index (κ3) is 3.66. The minimum atomic E-state index is -0.413. The van der Waals surface area contributed by atoms with Crippen LogP contribution in [-0.4, -0.2) is 18.4 Å². The summed E-state index contributed by atoms with van der Waals surface area (Å²) >= 11 is 12.9. The third-order valence-electron chi connectivity index (χ3n) is 3.83. The number of benzene rings is 2. The number of rotatable bonds is 3. The van der Waals surface area contributed by atoms with Gasteiger partial charge >= 0.3 is 0 Å². The summed E-state index contributed by atoms with van der Waals surface area (Å²) < 4.78 is 1.66. The fraction of sp³-hybridized carbons (Fsp3) is 0.176. The molecule has 1 fully saturated rings. The van der Waals surface area contributed by atoms with Crippen LogP contribution >= 0.6 is 43.5 Å². The normalized spacial score (nSPS) is 17.2. The molecule has 7 heteroatoms. The van der Waals surface area contributed by atoms with Gasteiger partial charge in [0.15, 0.2) is 0 Å². The monoisotopic (exact) mass is 470 g/mol. The van der Waals surface area contributed by atoms with Crippen molar-refractivity contribution in [3.8, 4) is 0 Å². The molecule has 3 rings (SSSR count). The Morgan fingerprint density at radius 1 is 1.21 bits per heavy atom. The predicted molar refractivity (Wildman–Crippen MR) is 102 cm³/mol. The number of nitrogens with one attached hydrogen (secondary N) is 1. The highest BCUT2D eigenvalue weighted by Gasteiger charge is 2.35. The molecule has 1 atom stereocenters. The fourth-order valence-electron chi connectivity index (χ4n) is 2.61.